The number of hydrogen-bond donors (Lipinski definition) is 1. The van der Waals surface area contributed by atoms with Crippen LogP contribution in [0, 0.1) is 12.7 Å². The van der Waals surface area contributed by atoms with Crippen LogP contribution >= 0.6 is 0 Å². The average molecular weight is 366 g/mol. The maximum absolute atomic E-state index is 13.2. The first-order valence-electron chi connectivity index (χ1n) is 8.80. The van der Waals surface area contributed by atoms with Crippen LogP contribution in [0.25, 0.3) is 16.9 Å². The molecule has 0 aliphatic rings. The van der Waals surface area contributed by atoms with Gasteiger partial charge in [0.05, 0.1) is 11.4 Å². The van der Waals surface area contributed by atoms with Crippen molar-refractivity contribution in [3.05, 3.63) is 71.7 Å². The number of likely N-dealkylation sites (N-methyl/N-ethyl adjacent to an activating group) is 1. The summed E-state index contributed by atoms with van der Waals surface area (Å²) in [6, 6.07) is 15.6. The van der Waals surface area contributed by atoms with Gasteiger partial charge in [-0.25, -0.2) is 9.07 Å². The van der Waals surface area contributed by atoms with Crippen LogP contribution in [0.1, 0.15) is 16.1 Å². The van der Waals surface area contributed by atoms with Gasteiger partial charge in [-0.3, -0.25) is 4.79 Å². The van der Waals surface area contributed by atoms with Crippen molar-refractivity contribution < 1.29 is 9.18 Å². The van der Waals surface area contributed by atoms with E-state index in [4.69, 9.17) is 0 Å². The molecule has 1 N–H and O–H groups in total. The number of benzene rings is 2. The Morgan fingerprint density at radius 2 is 1.89 bits per heavy atom. The minimum atomic E-state index is -0.307. The number of aryl methyl sites for hydroxylation is 1. The van der Waals surface area contributed by atoms with Crippen LogP contribution in [0.3, 0.4) is 0 Å². The van der Waals surface area contributed by atoms with Crippen molar-refractivity contribution in [3.8, 4) is 16.9 Å². The Balaban J connectivity index is 1.98. The van der Waals surface area contributed by atoms with Crippen LogP contribution < -0.4 is 5.32 Å². The summed E-state index contributed by atoms with van der Waals surface area (Å²) < 4.78 is 14.9. The highest BCUT2D eigenvalue weighted by Gasteiger charge is 2.17. The van der Waals surface area contributed by atoms with Gasteiger partial charge in [0.1, 0.15) is 11.5 Å². The van der Waals surface area contributed by atoms with Gasteiger partial charge in [-0.2, -0.15) is 5.10 Å². The Morgan fingerprint density at radius 3 is 2.56 bits per heavy atom. The zero-order valence-electron chi connectivity index (χ0n) is 15.7. The summed E-state index contributed by atoms with van der Waals surface area (Å²) in [5.41, 5.74) is 3.70. The van der Waals surface area contributed by atoms with E-state index in [2.05, 4.69) is 10.4 Å². The lowest BCUT2D eigenvalue weighted by Crippen LogP contribution is -2.32. The number of rotatable bonds is 6. The number of halogens is 1. The molecule has 140 valence electrons. The molecule has 0 bridgehead atoms. The number of amides is 1. The molecule has 0 atom stereocenters. The Bertz CT molecular complexity index is 932. The van der Waals surface area contributed by atoms with Crippen LogP contribution in [0.2, 0.25) is 0 Å². The SMILES string of the molecule is Cc1cccc(-n2nc(-c3ccc(F)cc3)cc2C(=O)NCCN(C)C)c1. The van der Waals surface area contributed by atoms with E-state index >= 15 is 0 Å². The number of carbonyl (C=O) groups excluding carboxylic acids is 1. The third-order valence-electron chi connectivity index (χ3n) is 4.17. The standard InChI is InChI=1S/C21H23FN4O/c1-15-5-4-6-18(13-15)26-20(21(27)23-11-12-25(2)3)14-19(24-26)16-7-9-17(22)10-8-16/h4-10,13-14H,11-12H2,1-3H3,(H,23,27). The first-order chi connectivity index (χ1) is 12.9. The molecule has 5 nitrogen and oxygen atoms in total. The third-order valence-corrected chi connectivity index (χ3v) is 4.17. The number of aromatic nitrogens is 2. The third kappa shape index (κ3) is 4.60. The predicted octanol–water partition coefficient (Wildman–Crippen LogP) is 3.28. The van der Waals surface area contributed by atoms with Gasteiger partial charge in [0.2, 0.25) is 0 Å². The number of nitrogens with one attached hydrogen (secondary N) is 1. The first-order valence-corrected chi connectivity index (χ1v) is 8.80. The predicted molar refractivity (Wildman–Crippen MR) is 105 cm³/mol. The summed E-state index contributed by atoms with van der Waals surface area (Å²) in [4.78, 5) is 14.8. The van der Waals surface area contributed by atoms with E-state index in [0.717, 1.165) is 23.4 Å². The highest BCUT2D eigenvalue weighted by Crippen LogP contribution is 2.22. The molecule has 1 aromatic heterocycles. The molecular formula is C21H23FN4O. The van der Waals surface area contributed by atoms with Gasteiger partial charge in [-0.1, -0.05) is 12.1 Å². The largest absolute Gasteiger partial charge is 0.349 e. The molecule has 0 aliphatic heterocycles. The fourth-order valence-corrected chi connectivity index (χ4v) is 2.74. The van der Waals surface area contributed by atoms with Crippen molar-refractivity contribution in [3.63, 3.8) is 0 Å². The van der Waals surface area contributed by atoms with Gasteiger partial charge in [0, 0.05) is 18.7 Å². The molecule has 0 spiro atoms. The van der Waals surface area contributed by atoms with Gasteiger partial charge >= 0.3 is 0 Å². The van der Waals surface area contributed by atoms with E-state index in [-0.39, 0.29) is 11.7 Å². The molecule has 1 heterocycles. The van der Waals surface area contributed by atoms with Crippen LogP contribution in [0.15, 0.2) is 54.6 Å². The Kier molecular flexibility index (Phi) is 5.66. The summed E-state index contributed by atoms with van der Waals surface area (Å²) in [5.74, 6) is -0.502. The van der Waals surface area contributed by atoms with Crippen LogP contribution in [0.5, 0.6) is 0 Å². The van der Waals surface area contributed by atoms with Crippen LogP contribution in [0.4, 0.5) is 4.39 Å². The second-order valence-corrected chi connectivity index (χ2v) is 6.73. The lowest BCUT2D eigenvalue weighted by atomic mass is 10.1. The van der Waals surface area contributed by atoms with Crippen LogP contribution in [-0.2, 0) is 0 Å². The molecule has 0 radical (unpaired) electrons. The summed E-state index contributed by atoms with van der Waals surface area (Å²) in [7, 11) is 3.91. The lowest BCUT2D eigenvalue weighted by molar-refractivity contribution is 0.0943. The normalized spacial score (nSPS) is 11.0. The second kappa shape index (κ2) is 8.14. The maximum atomic E-state index is 13.2. The lowest BCUT2D eigenvalue weighted by Gasteiger charge is -2.11. The molecule has 1 amide bonds. The van der Waals surface area contributed by atoms with Gasteiger partial charge in [-0.15, -0.1) is 0 Å². The van der Waals surface area contributed by atoms with Crippen molar-refractivity contribution >= 4 is 5.91 Å². The number of hydrogen-bond acceptors (Lipinski definition) is 3. The van der Waals surface area contributed by atoms with E-state index in [1.54, 1.807) is 22.9 Å². The van der Waals surface area contributed by atoms with Crippen molar-refractivity contribution in [2.45, 2.75) is 6.92 Å². The topological polar surface area (TPSA) is 50.2 Å². The fraction of sp³-hybridized carbons (Fsp3) is 0.238. The number of nitrogens with zero attached hydrogens (tertiary/aromatic N) is 3. The van der Waals surface area contributed by atoms with Crippen LogP contribution in [-0.4, -0.2) is 47.8 Å². The Morgan fingerprint density at radius 1 is 1.15 bits per heavy atom. The molecule has 2 aromatic carbocycles. The zero-order valence-corrected chi connectivity index (χ0v) is 15.7. The molecule has 0 saturated carbocycles. The van der Waals surface area contributed by atoms with Crippen molar-refractivity contribution in [2.75, 3.05) is 27.2 Å². The molecule has 0 fully saturated rings. The Labute approximate surface area is 158 Å². The molecule has 6 heteroatoms. The van der Waals surface area contributed by atoms with E-state index in [9.17, 15) is 9.18 Å². The summed E-state index contributed by atoms with van der Waals surface area (Å²) in [5, 5.41) is 7.54. The first kappa shape index (κ1) is 18.8. The molecular weight excluding hydrogens is 343 g/mol. The van der Waals surface area contributed by atoms with Crippen molar-refractivity contribution in [1.29, 1.82) is 0 Å². The maximum Gasteiger partial charge on any atom is 0.270 e. The van der Waals surface area contributed by atoms with E-state index < -0.39 is 0 Å². The molecule has 27 heavy (non-hydrogen) atoms. The summed E-state index contributed by atoms with van der Waals surface area (Å²) >= 11 is 0. The molecule has 3 rings (SSSR count). The second-order valence-electron chi connectivity index (χ2n) is 6.73. The van der Waals surface area contributed by atoms with Crippen molar-refractivity contribution in [1.82, 2.24) is 20.0 Å². The summed E-state index contributed by atoms with van der Waals surface area (Å²) in [6.45, 7) is 3.27. The smallest absolute Gasteiger partial charge is 0.270 e. The van der Waals surface area contributed by atoms with Gasteiger partial charge < -0.3 is 10.2 Å². The zero-order chi connectivity index (χ0) is 19.4. The molecule has 0 aliphatic carbocycles. The molecule has 0 unspecified atom stereocenters. The number of carbonyl (C=O) groups is 1. The minimum Gasteiger partial charge on any atom is -0.349 e. The molecule has 0 saturated heterocycles. The average Bonchev–Trinajstić information content (AvgIpc) is 3.07. The van der Waals surface area contributed by atoms with E-state index in [1.807, 2.05) is 50.2 Å². The summed E-state index contributed by atoms with van der Waals surface area (Å²) in [6.07, 6.45) is 0. The van der Waals surface area contributed by atoms with E-state index in [0.29, 0.717) is 17.9 Å². The fourth-order valence-electron chi connectivity index (χ4n) is 2.74. The quantitative estimate of drug-likeness (QED) is 0.728. The highest BCUT2D eigenvalue weighted by atomic mass is 19.1. The van der Waals surface area contributed by atoms with Gasteiger partial charge in [0.25, 0.3) is 5.91 Å². The Hall–Kier alpha value is -2.99. The van der Waals surface area contributed by atoms with Gasteiger partial charge in [0.15, 0.2) is 0 Å². The van der Waals surface area contributed by atoms with Gasteiger partial charge in [-0.05, 0) is 69.0 Å². The monoisotopic (exact) mass is 366 g/mol. The molecule has 3 aromatic rings. The van der Waals surface area contributed by atoms with Crippen molar-refractivity contribution in [2.24, 2.45) is 0 Å². The minimum absolute atomic E-state index is 0.195. The highest BCUT2D eigenvalue weighted by molar-refractivity contribution is 5.94. The van der Waals surface area contributed by atoms with E-state index in [1.165, 1.54) is 12.1 Å².